The van der Waals surface area contributed by atoms with Crippen LogP contribution in [-0.2, 0) is 9.59 Å². The lowest BCUT2D eigenvalue weighted by molar-refractivity contribution is -0.138. The van der Waals surface area contributed by atoms with Crippen molar-refractivity contribution in [2.24, 2.45) is 0 Å². The molecule has 0 bridgehead atoms. The van der Waals surface area contributed by atoms with Gasteiger partial charge in [0.15, 0.2) is 0 Å². The molecule has 0 fully saturated rings. The molecule has 2 aliphatic heterocycles. The molecule has 2 N–H and O–H groups in total. The number of aliphatic carboxylic acids is 1. The zero-order valence-electron chi connectivity index (χ0n) is 13.7. The lowest BCUT2D eigenvalue weighted by Crippen LogP contribution is -2.37. The largest absolute Gasteiger partial charge is 0.480 e. The fourth-order valence-corrected chi connectivity index (χ4v) is 3.74. The molecule has 2 atom stereocenters. The number of nitrogens with zero attached hydrogens (tertiary/aromatic N) is 2. The van der Waals surface area contributed by atoms with Gasteiger partial charge in [-0.3, -0.25) is 9.78 Å². The molecule has 3 heterocycles. The second kappa shape index (κ2) is 6.46. The number of halogens is 1. The van der Waals surface area contributed by atoms with Crippen molar-refractivity contribution < 1.29 is 14.7 Å². The molecule has 0 spiro atoms. The molecule has 2 aromatic rings. The highest BCUT2D eigenvalue weighted by Crippen LogP contribution is 2.42. The summed E-state index contributed by atoms with van der Waals surface area (Å²) in [5, 5.41) is 13.0. The molecule has 26 heavy (non-hydrogen) atoms. The average Bonchev–Trinajstić information content (AvgIpc) is 3.02. The van der Waals surface area contributed by atoms with Gasteiger partial charge >= 0.3 is 5.97 Å². The van der Waals surface area contributed by atoms with Gasteiger partial charge in [0.2, 0.25) is 0 Å². The summed E-state index contributed by atoms with van der Waals surface area (Å²) in [4.78, 5) is 30.3. The molecule has 6 nitrogen and oxygen atoms in total. The Morgan fingerprint density at radius 1 is 1.35 bits per heavy atom. The van der Waals surface area contributed by atoms with Gasteiger partial charge < -0.3 is 15.3 Å². The van der Waals surface area contributed by atoms with Crippen LogP contribution in [0.5, 0.6) is 0 Å². The van der Waals surface area contributed by atoms with Crippen LogP contribution >= 0.6 is 11.6 Å². The third-order valence-electron chi connectivity index (χ3n) is 4.81. The maximum absolute atomic E-state index is 13.0. The van der Waals surface area contributed by atoms with E-state index in [-0.39, 0.29) is 11.8 Å². The normalized spacial score (nSPS) is 21.8. The van der Waals surface area contributed by atoms with Crippen LogP contribution in [0.15, 0.2) is 54.4 Å². The van der Waals surface area contributed by atoms with Gasteiger partial charge in [0.05, 0.1) is 11.9 Å². The topological polar surface area (TPSA) is 82.5 Å². The number of hydrogen-bond acceptors (Lipinski definition) is 4. The van der Waals surface area contributed by atoms with Crippen molar-refractivity contribution in [1.29, 1.82) is 0 Å². The highest BCUT2D eigenvalue weighted by Gasteiger charge is 2.38. The average molecular weight is 370 g/mol. The third kappa shape index (κ3) is 2.82. The molecule has 0 aliphatic carbocycles. The molecule has 0 saturated carbocycles. The van der Waals surface area contributed by atoms with Crippen LogP contribution in [0.25, 0.3) is 0 Å². The predicted octanol–water partition coefficient (Wildman–Crippen LogP) is 3.06. The number of carboxylic acid groups (broad SMARTS) is 1. The van der Waals surface area contributed by atoms with Crippen LogP contribution in [0.1, 0.15) is 17.9 Å². The van der Waals surface area contributed by atoms with E-state index in [0.717, 1.165) is 11.3 Å². The number of carbonyl (C=O) groups is 2. The third-order valence-corrected chi connectivity index (χ3v) is 5.04. The first-order valence-corrected chi connectivity index (χ1v) is 8.63. The van der Waals surface area contributed by atoms with Crippen LogP contribution in [0.2, 0.25) is 5.02 Å². The van der Waals surface area contributed by atoms with E-state index in [1.165, 1.54) is 0 Å². The lowest BCUT2D eigenvalue weighted by atomic mass is 9.81. The van der Waals surface area contributed by atoms with Crippen molar-refractivity contribution in [2.45, 2.75) is 18.4 Å². The summed E-state index contributed by atoms with van der Waals surface area (Å²) < 4.78 is 0. The highest BCUT2D eigenvalue weighted by atomic mass is 35.5. The van der Waals surface area contributed by atoms with Crippen LogP contribution < -0.4 is 10.2 Å². The molecule has 1 aromatic carbocycles. The summed E-state index contributed by atoms with van der Waals surface area (Å²) in [7, 11) is 0. The Morgan fingerprint density at radius 2 is 2.19 bits per heavy atom. The minimum absolute atomic E-state index is 0.116. The molecule has 132 valence electrons. The Bertz CT molecular complexity index is 914. The fraction of sp³-hybridized carbons (Fsp3) is 0.211. The van der Waals surface area contributed by atoms with E-state index in [0.29, 0.717) is 29.2 Å². The number of amides is 1. The summed E-state index contributed by atoms with van der Waals surface area (Å²) >= 11 is 6.06. The first-order chi connectivity index (χ1) is 12.5. The number of anilines is 2. The van der Waals surface area contributed by atoms with Crippen molar-refractivity contribution in [3.05, 3.63) is 65.0 Å². The summed E-state index contributed by atoms with van der Waals surface area (Å²) in [6, 6.07) is 8.16. The van der Waals surface area contributed by atoms with Crippen molar-refractivity contribution in [1.82, 2.24) is 4.98 Å². The smallest absolute Gasteiger partial charge is 0.326 e. The van der Waals surface area contributed by atoms with E-state index in [9.17, 15) is 14.7 Å². The fourth-order valence-electron chi connectivity index (χ4n) is 3.57. The van der Waals surface area contributed by atoms with Gasteiger partial charge in [-0.1, -0.05) is 23.7 Å². The molecule has 2 aliphatic rings. The quantitative estimate of drug-likeness (QED) is 0.868. The lowest BCUT2D eigenvalue weighted by Gasteiger charge is -2.32. The van der Waals surface area contributed by atoms with Gasteiger partial charge in [-0.05, 0) is 36.2 Å². The van der Waals surface area contributed by atoms with Crippen molar-refractivity contribution >= 4 is 34.9 Å². The molecular formula is C19H16ClN3O3. The number of carbonyl (C=O) groups excluding carboxylic acids is 1. The number of fused-ring (bicyclic) bond motifs is 1. The van der Waals surface area contributed by atoms with E-state index in [1.54, 1.807) is 35.5 Å². The van der Waals surface area contributed by atoms with E-state index < -0.39 is 12.0 Å². The Balaban J connectivity index is 1.69. The number of aromatic nitrogens is 1. The molecule has 1 amide bonds. The Labute approximate surface area is 155 Å². The van der Waals surface area contributed by atoms with Gasteiger partial charge in [-0.25, -0.2) is 4.79 Å². The molecule has 1 aromatic heterocycles. The maximum Gasteiger partial charge on any atom is 0.326 e. The maximum atomic E-state index is 13.0. The number of hydrogen-bond donors (Lipinski definition) is 2. The molecule has 2 unspecified atom stereocenters. The van der Waals surface area contributed by atoms with Crippen molar-refractivity contribution in [3.63, 3.8) is 0 Å². The Morgan fingerprint density at radius 3 is 2.92 bits per heavy atom. The van der Waals surface area contributed by atoms with E-state index in [2.05, 4.69) is 10.3 Å². The van der Waals surface area contributed by atoms with Crippen LogP contribution in [0.3, 0.4) is 0 Å². The number of pyridine rings is 1. The monoisotopic (exact) mass is 369 g/mol. The standard InChI is InChI=1S/C19H16ClN3O3/c20-11-3-4-13-15(9-17(19(25)26)22-16(13)8-11)14-5-7-23(18(14)24)12-2-1-6-21-10-12/h1-6,8,10,15,17,22H,7,9H2,(H,25,26). The Hall–Kier alpha value is -2.86. The molecule has 0 radical (unpaired) electrons. The van der Waals surface area contributed by atoms with Gasteiger partial charge in [0.25, 0.3) is 5.91 Å². The SMILES string of the molecule is O=C(O)C1CC(C2=CCN(c3cccnc3)C2=O)c2ccc(Cl)cc2N1. The molecule has 4 rings (SSSR count). The van der Waals surface area contributed by atoms with Crippen molar-refractivity contribution in [2.75, 3.05) is 16.8 Å². The predicted molar refractivity (Wildman–Crippen MR) is 98.5 cm³/mol. The van der Waals surface area contributed by atoms with Gasteiger partial charge in [-0.15, -0.1) is 0 Å². The zero-order valence-corrected chi connectivity index (χ0v) is 14.5. The second-order valence-corrected chi connectivity index (χ2v) is 6.78. The molecule has 0 saturated heterocycles. The van der Waals surface area contributed by atoms with E-state index >= 15 is 0 Å². The first kappa shape index (κ1) is 16.6. The van der Waals surface area contributed by atoms with Crippen LogP contribution in [-0.4, -0.2) is 34.6 Å². The molecule has 7 heteroatoms. The number of nitrogens with one attached hydrogen (secondary N) is 1. The van der Waals surface area contributed by atoms with Crippen molar-refractivity contribution in [3.8, 4) is 0 Å². The first-order valence-electron chi connectivity index (χ1n) is 8.25. The van der Waals surface area contributed by atoms with Gasteiger partial charge in [0, 0.05) is 34.9 Å². The van der Waals surface area contributed by atoms with E-state index in [1.807, 2.05) is 18.2 Å². The summed E-state index contributed by atoms with van der Waals surface area (Å²) in [5.74, 6) is -1.36. The summed E-state index contributed by atoms with van der Waals surface area (Å²) in [5.41, 5.74) is 2.89. The molecular weight excluding hydrogens is 354 g/mol. The minimum Gasteiger partial charge on any atom is -0.480 e. The van der Waals surface area contributed by atoms with Crippen LogP contribution in [0, 0.1) is 0 Å². The summed E-state index contributed by atoms with van der Waals surface area (Å²) in [6.07, 6.45) is 5.48. The number of rotatable bonds is 3. The van der Waals surface area contributed by atoms with Crippen LogP contribution in [0.4, 0.5) is 11.4 Å². The van der Waals surface area contributed by atoms with Gasteiger partial charge in [-0.2, -0.15) is 0 Å². The Kier molecular flexibility index (Phi) is 4.12. The number of benzene rings is 1. The van der Waals surface area contributed by atoms with Gasteiger partial charge in [0.1, 0.15) is 6.04 Å². The second-order valence-electron chi connectivity index (χ2n) is 6.34. The van der Waals surface area contributed by atoms with E-state index in [4.69, 9.17) is 11.6 Å². The zero-order chi connectivity index (χ0) is 18.3. The minimum atomic E-state index is -0.948. The summed E-state index contributed by atoms with van der Waals surface area (Å²) in [6.45, 7) is 0.449. The highest BCUT2D eigenvalue weighted by molar-refractivity contribution is 6.31. The number of carboxylic acids is 1.